The first kappa shape index (κ1) is 9.68. The molecule has 80 valence electrons. The summed E-state index contributed by atoms with van der Waals surface area (Å²) in [5.41, 5.74) is 2.70. The molecule has 0 N–H and O–H groups in total. The van der Waals surface area contributed by atoms with E-state index in [0.717, 1.165) is 15.4 Å². The number of aryl methyl sites for hydroxylation is 1. The van der Waals surface area contributed by atoms with E-state index >= 15 is 0 Å². The van der Waals surface area contributed by atoms with Gasteiger partial charge in [-0.05, 0) is 18.4 Å². The fraction of sp³-hybridized carbons (Fsp3) is 0.100. The number of hydrogen-bond acceptors (Lipinski definition) is 6. The van der Waals surface area contributed by atoms with Crippen LogP contribution in [-0.4, -0.2) is 15.1 Å². The molecule has 0 aromatic carbocycles. The van der Waals surface area contributed by atoms with E-state index in [1.807, 2.05) is 24.4 Å². The normalized spacial score (nSPS) is 10.8. The largest absolute Gasteiger partial charge is 0.333 e. The van der Waals surface area contributed by atoms with Gasteiger partial charge < -0.3 is 4.52 Å². The molecule has 3 aromatic heterocycles. The molecule has 3 rings (SSSR count). The molecule has 0 radical (unpaired) electrons. The third kappa shape index (κ3) is 1.56. The molecule has 3 aromatic rings. The van der Waals surface area contributed by atoms with Crippen LogP contribution in [-0.2, 0) is 0 Å². The third-order valence-corrected chi connectivity index (χ3v) is 3.89. The first-order valence-corrected chi connectivity index (χ1v) is 6.38. The molecule has 4 nitrogen and oxygen atoms in total. The van der Waals surface area contributed by atoms with Gasteiger partial charge in [-0.1, -0.05) is 11.2 Å². The van der Waals surface area contributed by atoms with Crippen molar-refractivity contribution >= 4 is 22.7 Å². The summed E-state index contributed by atoms with van der Waals surface area (Å²) in [5, 5.41) is 5.95. The van der Waals surface area contributed by atoms with Crippen LogP contribution in [0.3, 0.4) is 0 Å². The summed E-state index contributed by atoms with van der Waals surface area (Å²) in [7, 11) is 0. The standard InChI is InChI=1S/C10H7N3OS2/c1-6-8(16-5-11-6)10-12-9(13-14-10)7-3-2-4-15-7/h2-5H,1H3. The number of rotatable bonds is 2. The zero-order chi connectivity index (χ0) is 11.0. The van der Waals surface area contributed by atoms with Crippen LogP contribution in [0.5, 0.6) is 0 Å². The summed E-state index contributed by atoms with van der Waals surface area (Å²) in [6.07, 6.45) is 0. The lowest BCUT2D eigenvalue weighted by Crippen LogP contribution is -1.78. The van der Waals surface area contributed by atoms with Crippen molar-refractivity contribution in [2.45, 2.75) is 6.92 Å². The Kier molecular flexibility index (Phi) is 2.30. The van der Waals surface area contributed by atoms with E-state index < -0.39 is 0 Å². The molecule has 0 spiro atoms. The highest BCUT2D eigenvalue weighted by atomic mass is 32.1. The predicted octanol–water partition coefficient (Wildman–Crippen LogP) is 3.23. The van der Waals surface area contributed by atoms with Gasteiger partial charge in [0.25, 0.3) is 5.89 Å². The third-order valence-electron chi connectivity index (χ3n) is 2.11. The molecule has 0 aliphatic heterocycles. The maximum absolute atomic E-state index is 5.23. The van der Waals surface area contributed by atoms with Gasteiger partial charge >= 0.3 is 0 Å². The number of hydrogen-bond donors (Lipinski definition) is 0. The van der Waals surface area contributed by atoms with Gasteiger partial charge in [0, 0.05) is 0 Å². The van der Waals surface area contributed by atoms with Crippen LogP contribution in [0, 0.1) is 6.92 Å². The van der Waals surface area contributed by atoms with E-state index in [1.54, 1.807) is 16.8 Å². The Labute approximate surface area is 99.6 Å². The maximum Gasteiger partial charge on any atom is 0.270 e. The zero-order valence-corrected chi connectivity index (χ0v) is 10.0. The van der Waals surface area contributed by atoms with Gasteiger partial charge in [0.05, 0.1) is 16.1 Å². The SMILES string of the molecule is Cc1ncsc1-c1nc(-c2cccs2)no1. The van der Waals surface area contributed by atoms with Crippen LogP contribution in [0.2, 0.25) is 0 Å². The number of thiazole rings is 1. The van der Waals surface area contributed by atoms with E-state index in [9.17, 15) is 0 Å². The highest BCUT2D eigenvalue weighted by Gasteiger charge is 2.14. The lowest BCUT2D eigenvalue weighted by Gasteiger charge is -1.87. The number of thiophene rings is 1. The second-order valence-electron chi connectivity index (χ2n) is 3.17. The van der Waals surface area contributed by atoms with Crippen molar-refractivity contribution in [2.24, 2.45) is 0 Å². The second kappa shape index (κ2) is 3.80. The van der Waals surface area contributed by atoms with E-state index in [2.05, 4.69) is 15.1 Å². The van der Waals surface area contributed by atoms with Gasteiger partial charge in [-0.15, -0.1) is 22.7 Å². The Morgan fingerprint density at radius 3 is 2.94 bits per heavy atom. The molecule has 3 heterocycles. The molecule has 0 saturated carbocycles. The van der Waals surface area contributed by atoms with Crippen LogP contribution in [0.25, 0.3) is 21.5 Å². The topological polar surface area (TPSA) is 51.8 Å². The summed E-state index contributed by atoms with van der Waals surface area (Å²) < 4.78 is 5.23. The average molecular weight is 249 g/mol. The average Bonchev–Trinajstić information content (AvgIpc) is 2.96. The fourth-order valence-corrected chi connectivity index (χ4v) is 2.70. The van der Waals surface area contributed by atoms with Gasteiger partial charge in [-0.3, -0.25) is 0 Å². The molecule has 0 aliphatic carbocycles. The summed E-state index contributed by atoms with van der Waals surface area (Å²) >= 11 is 3.10. The minimum atomic E-state index is 0.545. The lowest BCUT2D eigenvalue weighted by atomic mass is 10.4. The monoisotopic (exact) mass is 249 g/mol. The van der Waals surface area contributed by atoms with Gasteiger partial charge in [0.2, 0.25) is 5.82 Å². The van der Waals surface area contributed by atoms with E-state index in [-0.39, 0.29) is 0 Å². The Hall–Kier alpha value is -1.53. The zero-order valence-electron chi connectivity index (χ0n) is 8.38. The molecule has 0 unspecified atom stereocenters. The number of nitrogens with zero attached hydrogens (tertiary/aromatic N) is 3. The van der Waals surface area contributed by atoms with Gasteiger partial charge in [-0.25, -0.2) is 4.98 Å². The molecular weight excluding hydrogens is 242 g/mol. The second-order valence-corrected chi connectivity index (χ2v) is 4.97. The molecule has 0 saturated heterocycles. The van der Waals surface area contributed by atoms with Crippen LogP contribution < -0.4 is 0 Å². The van der Waals surface area contributed by atoms with Gasteiger partial charge in [-0.2, -0.15) is 4.98 Å². The van der Waals surface area contributed by atoms with Crippen molar-refractivity contribution in [1.29, 1.82) is 0 Å². The van der Waals surface area contributed by atoms with Gasteiger partial charge in [0.15, 0.2) is 0 Å². The van der Waals surface area contributed by atoms with Crippen molar-refractivity contribution < 1.29 is 4.52 Å². The van der Waals surface area contributed by atoms with Crippen molar-refractivity contribution in [1.82, 2.24) is 15.1 Å². The Balaban J connectivity index is 2.03. The van der Waals surface area contributed by atoms with E-state index in [1.165, 1.54) is 11.3 Å². The molecule has 16 heavy (non-hydrogen) atoms. The quantitative estimate of drug-likeness (QED) is 0.699. The molecule has 0 aliphatic rings. The Morgan fingerprint density at radius 1 is 1.31 bits per heavy atom. The first-order valence-electron chi connectivity index (χ1n) is 4.62. The lowest BCUT2D eigenvalue weighted by molar-refractivity contribution is 0.433. The minimum Gasteiger partial charge on any atom is -0.333 e. The fourth-order valence-electron chi connectivity index (χ4n) is 1.33. The molecule has 0 fully saturated rings. The van der Waals surface area contributed by atoms with Crippen LogP contribution in [0.1, 0.15) is 5.69 Å². The molecule has 0 bridgehead atoms. The summed E-state index contributed by atoms with van der Waals surface area (Å²) in [4.78, 5) is 10.5. The predicted molar refractivity (Wildman–Crippen MR) is 63.5 cm³/mol. The first-order chi connectivity index (χ1) is 7.84. The van der Waals surface area contributed by atoms with Gasteiger partial charge in [0.1, 0.15) is 4.88 Å². The highest BCUT2D eigenvalue weighted by Crippen LogP contribution is 2.28. The van der Waals surface area contributed by atoms with Crippen molar-refractivity contribution in [3.05, 3.63) is 28.7 Å². The van der Waals surface area contributed by atoms with Crippen LogP contribution in [0.4, 0.5) is 0 Å². The van der Waals surface area contributed by atoms with Crippen molar-refractivity contribution in [3.8, 4) is 21.5 Å². The van der Waals surface area contributed by atoms with Crippen LogP contribution in [0.15, 0.2) is 27.5 Å². The Morgan fingerprint density at radius 2 is 2.25 bits per heavy atom. The highest BCUT2D eigenvalue weighted by molar-refractivity contribution is 7.13. The smallest absolute Gasteiger partial charge is 0.270 e. The Bertz CT molecular complexity index is 597. The molecule has 0 atom stereocenters. The van der Waals surface area contributed by atoms with Crippen LogP contribution >= 0.6 is 22.7 Å². The maximum atomic E-state index is 5.23. The minimum absolute atomic E-state index is 0.545. The number of aromatic nitrogens is 3. The summed E-state index contributed by atoms with van der Waals surface area (Å²) in [6.45, 7) is 1.93. The van der Waals surface area contributed by atoms with E-state index in [4.69, 9.17) is 4.52 Å². The van der Waals surface area contributed by atoms with Crippen molar-refractivity contribution in [2.75, 3.05) is 0 Å². The van der Waals surface area contributed by atoms with Crippen molar-refractivity contribution in [3.63, 3.8) is 0 Å². The summed E-state index contributed by atoms with van der Waals surface area (Å²) in [6, 6.07) is 3.94. The molecular formula is C10H7N3OS2. The molecule has 6 heteroatoms. The summed E-state index contributed by atoms with van der Waals surface area (Å²) in [5.74, 6) is 1.18. The van der Waals surface area contributed by atoms with E-state index in [0.29, 0.717) is 11.7 Å². The molecule has 0 amide bonds.